The summed E-state index contributed by atoms with van der Waals surface area (Å²) >= 11 is 3.21. The highest BCUT2D eigenvalue weighted by Gasteiger charge is 2.21. The van der Waals surface area contributed by atoms with Gasteiger partial charge in [-0.3, -0.25) is 9.59 Å². The first-order valence-electron chi connectivity index (χ1n) is 9.44. The molecule has 0 saturated heterocycles. The smallest absolute Gasteiger partial charge is 0.481 e. The molecule has 0 bridgehead atoms. The Kier molecular flexibility index (Phi) is 11.0. The standard InChI is InChI=1S/C18H25BBrN3O8/c1-23(11-7-8-12(19(30)31)13(20)10-11)15(24)5-2-4-14(17(27)28)22-18(29)21-9-3-6-16(25)26/h7-8,10,14,30-31H,2-6,9H2,1H3,(H,25,26)(H,27,28)(H2,21,22,29). The third-order valence-electron chi connectivity index (χ3n) is 4.36. The van der Waals surface area contributed by atoms with Gasteiger partial charge in [0.05, 0.1) is 0 Å². The van der Waals surface area contributed by atoms with Crippen LogP contribution in [0.4, 0.5) is 10.5 Å². The van der Waals surface area contributed by atoms with Crippen LogP contribution >= 0.6 is 15.9 Å². The van der Waals surface area contributed by atoms with Gasteiger partial charge in [-0.1, -0.05) is 22.0 Å². The number of halogens is 1. The molecule has 6 N–H and O–H groups in total. The van der Waals surface area contributed by atoms with Gasteiger partial charge >= 0.3 is 25.1 Å². The lowest BCUT2D eigenvalue weighted by atomic mass is 9.80. The van der Waals surface area contributed by atoms with Gasteiger partial charge in [-0.15, -0.1) is 0 Å². The number of benzene rings is 1. The number of urea groups is 1. The van der Waals surface area contributed by atoms with Gasteiger partial charge in [-0.25, -0.2) is 9.59 Å². The highest BCUT2D eigenvalue weighted by Crippen LogP contribution is 2.19. The normalized spacial score (nSPS) is 11.4. The van der Waals surface area contributed by atoms with E-state index in [1.54, 1.807) is 12.1 Å². The first-order chi connectivity index (χ1) is 14.5. The molecule has 3 amide bonds. The van der Waals surface area contributed by atoms with Gasteiger partial charge in [-0.2, -0.15) is 0 Å². The Balaban J connectivity index is 2.51. The van der Waals surface area contributed by atoms with Crippen LogP contribution in [0.3, 0.4) is 0 Å². The van der Waals surface area contributed by atoms with E-state index in [-0.39, 0.29) is 50.0 Å². The van der Waals surface area contributed by atoms with Crippen LogP contribution in [0.5, 0.6) is 0 Å². The topological polar surface area (TPSA) is 176 Å². The van der Waals surface area contributed by atoms with E-state index in [9.17, 15) is 34.3 Å². The van der Waals surface area contributed by atoms with Gasteiger partial charge < -0.3 is 35.8 Å². The third kappa shape index (κ3) is 9.36. The fraction of sp³-hybridized carbons (Fsp3) is 0.444. The first kappa shape index (κ1) is 26.4. The SMILES string of the molecule is CN(C(=O)CCCC(NC(=O)NCCCC(=O)O)C(=O)O)c1ccc(B(O)O)c(Br)c1. The zero-order valence-corrected chi connectivity index (χ0v) is 18.5. The second-order valence-corrected chi connectivity index (χ2v) is 7.57. The molecule has 0 fully saturated rings. The van der Waals surface area contributed by atoms with Crippen molar-refractivity contribution < 1.29 is 39.4 Å². The summed E-state index contributed by atoms with van der Waals surface area (Å²) in [6.45, 7) is 0.0927. The molecule has 0 aliphatic carbocycles. The molecule has 170 valence electrons. The summed E-state index contributed by atoms with van der Waals surface area (Å²) in [5.41, 5.74) is 0.760. The molecule has 31 heavy (non-hydrogen) atoms. The Morgan fingerprint density at radius 3 is 2.35 bits per heavy atom. The van der Waals surface area contributed by atoms with Crippen molar-refractivity contribution in [3.63, 3.8) is 0 Å². The first-order valence-corrected chi connectivity index (χ1v) is 10.2. The maximum atomic E-state index is 12.4. The molecule has 0 radical (unpaired) electrons. The van der Waals surface area contributed by atoms with Crippen molar-refractivity contribution >= 4 is 58.1 Å². The molecule has 0 saturated carbocycles. The Hall–Kier alpha value is -2.64. The van der Waals surface area contributed by atoms with E-state index in [1.165, 1.54) is 18.0 Å². The van der Waals surface area contributed by atoms with Crippen LogP contribution in [0.25, 0.3) is 0 Å². The average Bonchev–Trinajstić information content (AvgIpc) is 2.69. The van der Waals surface area contributed by atoms with Gasteiger partial charge in [-0.05, 0) is 36.9 Å². The van der Waals surface area contributed by atoms with Crippen LogP contribution in [0, 0.1) is 0 Å². The summed E-state index contributed by atoms with van der Waals surface area (Å²) in [6.07, 6.45) is 0.364. The molecular formula is C18H25BBrN3O8. The number of nitrogens with zero attached hydrogens (tertiary/aromatic N) is 1. The van der Waals surface area contributed by atoms with E-state index in [4.69, 9.17) is 5.11 Å². The fourth-order valence-corrected chi connectivity index (χ4v) is 3.18. The van der Waals surface area contributed by atoms with Crippen LogP contribution < -0.4 is 21.0 Å². The molecule has 1 aromatic rings. The monoisotopic (exact) mass is 501 g/mol. The van der Waals surface area contributed by atoms with Crippen molar-refractivity contribution in [2.75, 3.05) is 18.5 Å². The van der Waals surface area contributed by atoms with Gasteiger partial charge in [0.2, 0.25) is 5.91 Å². The van der Waals surface area contributed by atoms with Gasteiger partial charge in [0, 0.05) is 36.6 Å². The highest BCUT2D eigenvalue weighted by molar-refractivity contribution is 9.10. The number of hydrogen-bond donors (Lipinski definition) is 6. The van der Waals surface area contributed by atoms with Crippen molar-refractivity contribution in [1.29, 1.82) is 0 Å². The lowest BCUT2D eigenvalue weighted by Gasteiger charge is -2.19. The Morgan fingerprint density at radius 1 is 1.13 bits per heavy atom. The molecule has 1 rings (SSSR count). The molecule has 0 heterocycles. The zero-order chi connectivity index (χ0) is 23.6. The molecule has 1 atom stereocenters. The predicted molar refractivity (Wildman–Crippen MR) is 116 cm³/mol. The van der Waals surface area contributed by atoms with Crippen LogP contribution in [-0.2, 0) is 14.4 Å². The highest BCUT2D eigenvalue weighted by atomic mass is 79.9. The van der Waals surface area contributed by atoms with E-state index in [2.05, 4.69) is 26.6 Å². The quantitative estimate of drug-likeness (QED) is 0.169. The van der Waals surface area contributed by atoms with E-state index < -0.39 is 31.1 Å². The van der Waals surface area contributed by atoms with E-state index in [0.29, 0.717) is 10.2 Å². The maximum Gasteiger partial charge on any atom is 0.489 e. The minimum atomic E-state index is -1.65. The molecule has 13 heteroatoms. The summed E-state index contributed by atoms with van der Waals surface area (Å²) in [7, 11) is -0.115. The minimum Gasteiger partial charge on any atom is -0.481 e. The number of nitrogens with one attached hydrogen (secondary N) is 2. The second kappa shape index (κ2) is 12.9. The molecular weight excluding hydrogens is 477 g/mol. The summed E-state index contributed by atoms with van der Waals surface area (Å²) in [4.78, 5) is 47.3. The lowest BCUT2D eigenvalue weighted by Crippen LogP contribution is -2.46. The second-order valence-electron chi connectivity index (χ2n) is 6.71. The van der Waals surface area contributed by atoms with Crippen LogP contribution in [0.15, 0.2) is 22.7 Å². The number of rotatable bonds is 12. The van der Waals surface area contributed by atoms with Crippen molar-refractivity contribution in [1.82, 2.24) is 10.6 Å². The minimum absolute atomic E-state index is 0.0246. The van der Waals surface area contributed by atoms with E-state index in [1.807, 2.05) is 0 Å². The van der Waals surface area contributed by atoms with Crippen molar-refractivity contribution in [2.24, 2.45) is 0 Å². The molecule has 1 aromatic carbocycles. The Bertz CT molecular complexity index is 808. The Labute approximate surface area is 187 Å². The number of anilines is 1. The molecule has 0 spiro atoms. The third-order valence-corrected chi connectivity index (χ3v) is 5.05. The number of carboxylic acids is 2. The zero-order valence-electron chi connectivity index (χ0n) is 16.9. The lowest BCUT2D eigenvalue weighted by molar-refractivity contribution is -0.139. The largest absolute Gasteiger partial charge is 0.489 e. The predicted octanol–water partition coefficient (Wildman–Crippen LogP) is -0.121. The molecule has 0 aliphatic rings. The average molecular weight is 502 g/mol. The van der Waals surface area contributed by atoms with E-state index >= 15 is 0 Å². The summed E-state index contributed by atoms with van der Waals surface area (Å²) < 4.78 is 0.421. The van der Waals surface area contributed by atoms with Crippen LogP contribution in [-0.4, -0.2) is 70.9 Å². The van der Waals surface area contributed by atoms with Crippen LogP contribution in [0.1, 0.15) is 32.1 Å². The summed E-state index contributed by atoms with van der Waals surface area (Å²) in [5.74, 6) is -2.52. The van der Waals surface area contributed by atoms with Gasteiger partial charge in [0.25, 0.3) is 0 Å². The number of carbonyl (C=O) groups is 4. The van der Waals surface area contributed by atoms with Crippen molar-refractivity contribution in [3.05, 3.63) is 22.7 Å². The van der Waals surface area contributed by atoms with Crippen molar-refractivity contribution in [2.45, 2.75) is 38.1 Å². The number of carboxylic acid groups (broad SMARTS) is 2. The molecule has 11 nitrogen and oxygen atoms in total. The fourth-order valence-electron chi connectivity index (χ4n) is 2.61. The summed E-state index contributed by atoms with van der Waals surface area (Å²) in [5, 5.41) is 41.0. The Morgan fingerprint density at radius 2 is 1.81 bits per heavy atom. The van der Waals surface area contributed by atoms with Crippen LogP contribution in [0.2, 0.25) is 0 Å². The number of hydrogen-bond acceptors (Lipinski definition) is 6. The number of amides is 3. The van der Waals surface area contributed by atoms with E-state index in [0.717, 1.165) is 0 Å². The number of aliphatic carboxylic acids is 2. The van der Waals surface area contributed by atoms with Crippen molar-refractivity contribution in [3.8, 4) is 0 Å². The molecule has 0 aromatic heterocycles. The molecule has 0 aliphatic heterocycles. The molecule has 1 unspecified atom stereocenters. The van der Waals surface area contributed by atoms with Gasteiger partial charge in [0.15, 0.2) is 0 Å². The van der Waals surface area contributed by atoms with Gasteiger partial charge in [0.1, 0.15) is 6.04 Å². The number of carbonyl (C=O) groups excluding carboxylic acids is 2. The summed E-state index contributed by atoms with van der Waals surface area (Å²) in [6, 6.07) is 2.65. The maximum absolute atomic E-state index is 12.4.